The number of nitrogens with one attached hydrogen (secondary N) is 2. The van der Waals surface area contributed by atoms with E-state index in [9.17, 15) is 4.79 Å². The molecular formula is C16H24N4O2. The van der Waals surface area contributed by atoms with Crippen LogP contribution < -0.4 is 10.6 Å². The molecule has 0 spiro atoms. The molecule has 1 aromatic carbocycles. The van der Waals surface area contributed by atoms with Crippen LogP contribution in [0.2, 0.25) is 0 Å². The first-order chi connectivity index (χ1) is 10.3. The van der Waals surface area contributed by atoms with Crippen molar-refractivity contribution in [3.05, 3.63) is 24.4 Å². The Labute approximate surface area is 130 Å². The van der Waals surface area contributed by atoms with Gasteiger partial charge in [-0.2, -0.15) is 5.10 Å². The van der Waals surface area contributed by atoms with Gasteiger partial charge in [-0.05, 0) is 52.3 Å². The van der Waals surface area contributed by atoms with Crippen molar-refractivity contribution in [3.8, 4) is 0 Å². The maximum atomic E-state index is 12.0. The number of nitrogens with zero attached hydrogens (tertiary/aromatic N) is 2. The van der Waals surface area contributed by atoms with Crippen molar-refractivity contribution in [2.24, 2.45) is 0 Å². The number of aromatic nitrogens is 2. The van der Waals surface area contributed by atoms with Gasteiger partial charge in [0.15, 0.2) is 0 Å². The van der Waals surface area contributed by atoms with E-state index >= 15 is 0 Å². The highest BCUT2D eigenvalue weighted by atomic mass is 16.3. The number of urea groups is 1. The summed E-state index contributed by atoms with van der Waals surface area (Å²) in [4.78, 5) is 12.0. The zero-order valence-electron chi connectivity index (χ0n) is 13.6. The summed E-state index contributed by atoms with van der Waals surface area (Å²) in [5, 5.41) is 20.1. The maximum Gasteiger partial charge on any atom is 0.319 e. The number of fused-ring (bicyclic) bond motifs is 1. The van der Waals surface area contributed by atoms with E-state index in [2.05, 4.69) is 29.6 Å². The molecular weight excluding hydrogens is 280 g/mol. The minimum absolute atomic E-state index is 0.0353. The Morgan fingerprint density at radius 3 is 2.77 bits per heavy atom. The van der Waals surface area contributed by atoms with Gasteiger partial charge in [0.1, 0.15) is 0 Å². The zero-order valence-corrected chi connectivity index (χ0v) is 13.6. The maximum absolute atomic E-state index is 12.0. The van der Waals surface area contributed by atoms with Gasteiger partial charge >= 0.3 is 6.03 Å². The molecule has 0 aliphatic heterocycles. The summed E-state index contributed by atoms with van der Waals surface area (Å²) in [6, 6.07) is 5.64. The Morgan fingerprint density at radius 1 is 1.41 bits per heavy atom. The highest BCUT2D eigenvalue weighted by Crippen LogP contribution is 2.20. The lowest BCUT2D eigenvalue weighted by atomic mass is 10.0. The van der Waals surface area contributed by atoms with Gasteiger partial charge in [-0.1, -0.05) is 0 Å². The van der Waals surface area contributed by atoms with Gasteiger partial charge < -0.3 is 15.7 Å². The molecule has 0 bridgehead atoms. The molecule has 22 heavy (non-hydrogen) atoms. The predicted molar refractivity (Wildman–Crippen MR) is 88.1 cm³/mol. The standard InChI is InChI=1S/C16H24N4O2/c1-11(2)20-10-12-9-13(5-6-14(12)19-20)17-15(22)18-16(3,4)7-8-21/h5-6,9-11,21H,7-8H2,1-4H3,(H2,17,18,22). The summed E-state index contributed by atoms with van der Waals surface area (Å²) in [5.74, 6) is 0. The lowest BCUT2D eigenvalue weighted by Gasteiger charge is -2.25. The average molecular weight is 304 g/mol. The van der Waals surface area contributed by atoms with Gasteiger partial charge in [0.25, 0.3) is 0 Å². The van der Waals surface area contributed by atoms with Crippen molar-refractivity contribution in [2.45, 2.75) is 45.7 Å². The van der Waals surface area contributed by atoms with Crippen LogP contribution >= 0.6 is 0 Å². The molecule has 6 nitrogen and oxygen atoms in total. The fourth-order valence-corrected chi connectivity index (χ4v) is 2.20. The number of anilines is 1. The molecule has 3 N–H and O–H groups in total. The summed E-state index contributed by atoms with van der Waals surface area (Å²) in [6.45, 7) is 7.93. The van der Waals surface area contributed by atoms with Gasteiger partial charge in [-0.25, -0.2) is 4.79 Å². The number of aliphatic hydroxyl groups is 1. The SMILES string of the molecule is CC(C)n1cc2cc(NC(=O)NC(C)(C)CCO)ccc2n1. The Bertz CT molecular complexity index is 661. The highest BCUT2D eigenvalue weighted by Gasteiger charge is 2.19. The normalized spacial score (nSPS) is 11.9. The second-order valence-electron chi connectivity index (χ2n) is 6.41. The highest BCUT2D eigenvalue weighted by molar-refractivity contribution is 5.92. The molecule has 0 unspecified atom stereocenters. The number of aliphatic hydroxyl groups excluding tert-OH is 1. The van der Waals surface area contributed by atoms with Crippen molar-refractivity contribution in [3.63, 3.8) is 0 Å². The third-order valence-electron chi connectivity index (χ3n) is 3.50. The third kappa shape index (κ3) is 3.98. The third-order valence-corrected chi connectivity index (χ3v) is 3.50. The summed E-state index contributed by atoms with van der Waals surface area (Å²) in [6.07, 6.45) is 2.47. The summed E-state index contributed by atoms with van der Waals surface area (Å²) in [5.41, 5.74) is 1.17. The van der Waals surface area contributed by atoms with Crippen LogP contribution in [0.3, 0.4) is 0 Å². The molecule has 0 fully saturated rings. The van der Waals surface area contributed by atoms with E-state index in [1.165, 1.54) is 0 Å². The molecule has 0 saturated carbocycles. The van der Waals surface area contributed by atoms with Crippen LogP contribution in [0, 0.1) is 0 Å². The van der Waals surface area contributed by atoms with Gasteiger partial charge in [-0.15, -0.1) is 0 Å². The van der Waals surface area contributed by atoms with Gasteiger partial charge in [0.05, 0.1) is 5.52 Å². The Kier molecular flexibility index (Phi) is 4.71. The van der Waals surface area contributed by atoms with Gasteiger partial charge in [-0.3, -0.25) is 4.68 Å². The first-order valence-corrected chi connectivity index (χ1v) is 7.50. The van der Waals surface area contributed by atoms with E-state index in [-0.39, 0.29) is 12.6 Å². The van der Waals surface area contributed by atoms with Crippen LogP contribution in [0.25, 0.3) is 10.9 Å². The van der Waals surface area contributed by atoms with Crippen LogP contribution in [0.4, 0.5) is 10.5 Å². The predicted octanol–water partition coefficient (Wildman–Crippen LogP) is 2.90. The Hall–Kier alpha value is -2.08. The molecule has 6 heteroatoms. The van der Waals surface area contributed by atoms with Crippen LogP contribution in [0.1, 0.15) is 40.2 Å². The second-order valence-corrected chi connectivity index (χ2v) is 6.41. The summed E-state index contributed by atoms with van der Waals surface area (Å²) < 4.78 is 1.90. The Morgan fingerprint density at radius 2 is 2.14 bits per heavy atom. The van der Waals surface area contributed by atoms with Gasteiger partial charge in [0, 0.05) is 35.5 Å². The lowest BCUT2D eigenvalue weighted by molar-refractivity contribution is 0.218. The molecule has 0 saturated heterocycles. The van der Waals surface area contributed by atoms with Gasteiger partial charge in [0.2, 0.25) is 0 Å². The fraction of sp³-hybridized carbons (Fsp3) is 0.500. The van der Waals surface area contributed by atoms with E-state index < -0.39 is 5.54 Å². The van der Waals surface area contributed by atoms with Crippen molar-refractivity contribution < 1.29 is 9.90 Å². The van der Waals surface area contributed by atoms with E-state index in [1.54, 1.807) is 0 Å². The minimum Gasteiger partial charge on any atom is -0.396 e. The van der Waals surface area contributed by atoms with E-state index in [1.807, 2.05) is 42.9 Å². The monoisotopic (exact) mass is 304 g/mol. The quantitative estimate of drug-likeness (QED) is 0.794. The van der Waals surface area contributed by atoms with Crippen LogP contribution in [0.5, 0.6) is 0 Å². The first-order valence-electron chi connectivity index (χ1n) is 7.50. The first kappa shape index (κ1) is 16.3. The number of carbonyl (C=O) groups is 1. The van der Waals surface area contributed by atoms with Crippen LogP contribution in [-0.4, -0.2) is 33.1 Å². The molecule has 0 aliphatic rings. The topological polar surface area (TPSA) is 79.2 Å². The molecule has 0 aliphatic carbocycles. The number of benzene rings is 1. The van der Waals surface area contributed by atoms with Crippen molar-refractivity contribution >= 4 is 22.6 Å². The molecule has 120 valence electrons. The molecule has 2 aromatic rings. The lowest BCUT2D eigenvalue weighted by Crippen LogP contribution is -2.46. The molecule has 1 aromatic heterocycles. The molecule has 0 radical (unpaired) electrons. The van der Waals surface area contributed by atoms with Crippen LogP contribution in [-0.2, 0) is 0 Å². The van der Waals surface area contributed by atoms with E-state index in [4.69, 9.17) is 5.11 Å². The largest absolute Gasteiger partial charge is 0.396 e. The number of carbonyl (C=O) groups excluding carboxylic acids is 1. The van der Waals surface area contributed by atoms with E-state index in [0.717, 1.165) is 10.9 Å². The molecule has 2 amide bonds. The molecule has 0 atom stereocenters. The van der Waals surface area contributed by atoms with Crippen molar-refractivity contribution in [2.75, 3.05) is 11.9 Å². The van der Waals surface area contributed by atoms with Crippen molar-refractivity contribution in [1.82, 2.24) is 15.1 Å². The average Bonchev–Trinajstić information content (AvgIpc) is 2.80. The number of hydrogen-bond acceptors (Lipinski definition) is 3. The number of rotatable bonds is 5. The van der Waals surface area contributed by atoms with E-state index in [0.29, 0.717) is 18.2 Å². The minimum atomic E-state index is -0.453. The Balaban J connectivity index is 2.09. The summed E-state index contributed by atoms with van der Waals surface area (Å²) >= 11 is 0. The molecule has 1 heterocycles. The van der Waals surface area contributed by atoms with Crippen molar-refractivity contribution in [1.29, 1.82) is 0 Å². The summed E-state index contributed by atoms with van der Waals surface area (Å²) in [7, 11) is 0. The fourth-order valence-electron chi connectivity index (χ4n) is 2.20. The second kappa shape index (κ2) is 6.36. The molecule has 2 rings (SSSR count). The zero-order chi connectivity index (χ0) is 16.3. The number of amides is 2. The smallest absolute Gasteiger partial charge is 0.319 e. The number of hydrogen-bond donors (Lipinski definition) is 3. The van der Waals surface area contributed by atoms with Crippen LogP contribution in [0.15, 0.2) is 24.4 Å².